The van der Waals surface area contributed by atoms with Crippen molar-refractivity contribution in [1.82, 2.24) is 5.32 Å². The number of hydrogen-bond donors (Lipinski definition) is 2. The van der Waals surface area contributed by atoms with E-state index in [2.05, 4.69) is 38.2 Å². The van der Waals surface area contributed by atoms with E-state index in [1.807, 2.05) is 6.92 Å². The van der Waals surface area contributed by atoms with Gasteiger partial charge < -0.3 is 11.1 Å². The molecule has 0 aromatic carbocycles. The van der Waals surface area contributed by atoms with Crippen molar-refractivity contribution in [2.75, 3.05) is 0 Å². The van der Waals surface area contributed by atoms with Gasteiger partial charge in [0.05, 0.1) is 0 Å². The summed E-state index contributed by atoms with van der Waals surface area (Å²) in [4.78, 5) is 0. The first-order chi connectivity index (χ1) is 7.58. The van der Waals surface area contributed by atoms with Crippen LogP contribution in [0.2, 0.25) is 0 Å². The Hall–Kier alpha value is -1.02. The monoisotopic (exact) mass is 220 g/mol. The Morgan fingerprint density at radius 2 is 2.19 bits per heavy atom. The van der Waals surface area contributed by atoms with Gasteiger partial charge in [-0.05, 0) is 37.8 Å². The van der Waals surface area contributed by atoms with Gasteiger partial charge in [-0.15, -0.1) is 0 Å². The molecule has 0 amide bonds. The lowest BCUT2D eigenvalue weighted by molar-refractivity contribution is 0.911. The molecule has 1 aliphatic heterocycles. The average Bonchev–Trinajstić information content (AvgIpc) is 2.60. The third-order valence-corrected chi connectivity index (χ3v) is 3.06. The maximum absolute atomic E-state index is 5.73. The second-order valence-corrected chi connectivity index (χ2v) is 4.46. The molecule has 0 fully saturated rings. The first kappa shape index (κ1) is 13.0. The van der Waals surface area contributed by atoms with Gasteiger partial charge in [-0.25, -0.2) is 0 Å². The van der Waals surface area contributed by atoms with E-state index in [0.29, 0.717) is 0 Å². The molecule has 0 aromatic rings. The second-order valence-electron chi connectivity index (χ2n) is 4.46. The molecule has 90 valence electrons. The Balaban J connectivity index is 2.82. The van der Waals surface area contributed by atoms with Crippen LogP contribution in [0.25, 0.3) is 0 Å². The lowest BCUT2D eigenvalue weighted by atomic mass is 10.0. The topological polar surface area (TPSA) is 38.0 Å². The molecule has 1 rings (SSSR count). The van der Waals surface area contributed by atoms with Crippen LogP contribution in [0.5, 0.6) is 0 Å². The minimum Gasteiger partial charge on any atom is -0.362 e. The number of rotatable bonds is 4. The molecule has 1 aliphatic rings. The zero-order valence-corrected chi connectivity index (χ0v) is 10.9. The minimum atomic E-state index is 0.128. The Bertz CT molecular complexity index is 333. The van der Waals surface area contributed by atoms with Crippen LogP contribution in [-0.4, -0.2) is 6.04 Å². The van der Waals surface area contributed by atoms with Crippen LogP contribution in [0.15, 0.2) is 34.7 Å². The molecule has 0 spiro atoms. The van der Waals surface area contributed by atoms with Crippen molar-refractivity contribution in [3.63, 3.8) is 0 Å². The summed E-state index contributed by atoms with van der Waals surface area (Å²) in [7, 11) is 0. The molecule has 2 heteroatoms. The Morgan fingerprint density at radius 1 is 1.50 bits per heavy atom. The molecular weight excluding hydrogens is 196 g/mol. The predicted octanol–water partition coefficient (Wildman–Crippen LogP) is 3.23. The van der Waals surface area contributed by atoms with E-state index >= 15 is 0 Å². The number of hydrogen-bond acceptors (Lipinski definition) is 2. The Labute approximate surface area is 99.3 Å². The molecule has 0 aromatic heterocycles. The molecule has 0 saturated carbocycles. The van der Waals surface area contributed by atoms with E-state index in [-0.39, 0.29) is 6.04 Å². The summed E-state index contributed by atoms with van der Waals surface area (Å²) in [6.45, 7) is 8.56. The zero-order chi connectivity index (χ0) is 12.1. The van der Waals surface area contributed by atoms with Crippen molar-refractivity contribution in [3.8, 4) is 0 Å². The van der Waals surface area contributed by atoms with Crippen LogP contribution in [0.1, 0.15) is 47.0 Å². The van der Waals surface area contributed by atoms with Crippen LogP contribution >= 0.6 is 0 Å². The van der Waals surface area contributed by atoms with E-state index in [4.69, 9.17) is 5.73 Å². The number of nitrogens with two attached hydrogens (primary N) is 1. The van der Waals surface area contributed by atoms with Crippen molar-refractivity contribution in [2.45, 2.75) is 53.0 Å². The molecule has 2 nitrogen and oxygen atoms in total. The lowest BCUT2D eigenvalue weighted by Crippen LogP contribution is -2.11. The van der Waals surface area contributed by atoms with Crippen LogP contribution in [0.3, 0.4) is 0 Å². The largest absolute Gasteiger partial charge is 0.362 e. The van der Waals surface area contributed by atoms with Crippen molar-refractivity contribution in [3.05, 3.63) is 34.7 Å². The quantitative estimate of drug-likeness (QED) is 0.763. The Kier molecular flexibility index (Phi) is 4.81. The molecule has 0 bridgehead atoms. The van der Waals surface area contributed by atoms with Crippen LogP contribution in [0.4, 0.5) is 0 Å². The zero-order valence-electron chi connectivity index (χ0n) is 10.9. The summed E-state index contributed by atoms with van der Waals surface area (Å²) in [5, 5.41) is 3.50. The Morgan fingerprint density at radius 3 is 2.62 bits per heavy atom. The van der Waals surface area contributed by atoms with Crippen LogP contribution in [-0.2, 0) is 0 Å². The smallest absolute Gasteiger partial charge is 0.0222 e. The van der Waals surface area contributed by atoms with E-state index in [9.17, 15) is 0 Å². The minimum absolute atomic E-state index is 0.128. The molecule has 16 heavy (non-hydrogen) atoms. The first-order valence-electron chi connectivity index (χ1n) is 6.19. The van der Waals surface area contributed by atoms with Gasteiger partial charge in [-0.3, -0.25) is 0 Å². The SMILES string of the molecule is CCC1=C(C)N/C(=C(/C=C\C(C)N)CC)C1. The highest BCUT2D eigenvalue weighted by molar-refractivity contribution is 5.36. The van der Waals surface area contributed by atoms with Crippen molar-refractivity contribution in [2.24, 2.45) is 5.73 Å². The summed E-state index contributed by atoms with van der Waals surface area (Å²) >= 11 is 0. The van der Waals surface area contributed by atoms with Gasteiger partial charge in [0.1, 0.15) is 0 Å². The fourth-order valence-corrected chi connectivity index (χ4v) is 1.99. The van der Waals surface area contributed by atoms with Crippen molar-refractivity contribution >= 4 is 0 Å². The normalized spacial score (nSPS) is 21.6. The maximum Gasteiger partial charge on any atom is 0.0222 e. The van der Waals surface area contributed by atoms with E-state index in [1.165, 1.54) is 22.5 Å². The van der Waals surface area contributed by atoms with Gasteiger partial charge >= 0.3 is 0 Å². The van der Waals surface area contributed by atoms with Gasteiger partial charge in [-0.1, -0.05) is 26.0 Å². The molecule has 1 atom stereocenters. The molecule has 1 unspecified atom stereocenters. The van der Waals surface area contributed by atoms with Gasteiger partial charge in [0.2, 0.25) is 0 Å². The lowest BCUT2D eigenvalue weighted by Gasteiger charge is -2.07. The highest BCUT2D eigenvalue weighted by Crippen LogP contribution is 2.27. The highest BCUT2D eigenvalue weighted by atomic mass is 14.9. The van der Waals surface area contributed by atoms with Gasteiger partial charge in [-0.2, -0.15) is 0 Å². The van der Waals surface area contributed by atoms with E-state index in [0.717, 1.165) is 19.3 Å². The van der Waals surface area contributed by atoms with Gasteiger partial charge in [0.15, 0.2) is 0 Å². The molecule has 0 saturated heterocycles. The summed E-state index contributed by atoms with van der Waals surface area (Å²) < 4.78 is 0. The third-order valence-electron chi connectivity index (χ3n) is 3.06. The molecular formula is C14H24N2. The maximum atomic E-state index is 5.73. The summed E-state index contributed by atoms with van der Waals surface area (Å²) in [6.07, 6.45) is 7.49. The average molecular weight is 220 g/mol. The van der Waals surface area contributed by atoms with E-state index in [1.54, 1.807) is 0 Å². The second kappa shape index (κ2) is 5.90. The summed E-state index contributed by atoms with van der Waals surface area (Å²) in [5.41, 5.74) is 11.3. The molecule has 0 radical (unpaired) electrons. The standard InChI is InChI=1S/C14H24N2/c1-5-12(8-7-10(3)15)14-9-13(6-2)11(4)16-14/h7-8,10,16H,5-6,9,15H2,1-4H3/b8-7-,14-12+. The highest BCUT2D eigenvalue weighted by Gasteiger charge is 2.15. The van der Waals surface area contributed by atoms with Crippen LogP contribution < -0.4 is 11.1 Å². The van der Waals surface area contributed by atoms with Crippen molar-refractivity contribution in [1.29, 1.82) is 0 Å². The number of nitrogens with one attached hydrogen (secondary N) is 1. The third kappa shape index (κ3) is 3.24. The predicted molar refractivity (Wildman–Crippen MR) is 70.9 cm³/mol. The van der Waals surface area contributed by atoms with Crippen LogP contribution in [0, 0.1) is 0 Å². The fourth-order valence-electron chi connectivity index (χ4n) is 1.99. The molecule has 1 heterocycles. The number of allylic oxidation sites excluding steroid dienone is 4. The van der Waals surface area contributed by atoms with Gasteiger partial charge in [0, 0.05) is 23.9 Å². The molecule has 0 aliphatic carbocycles. The first-order valence-corrected chi connectivity index (χ1v) is 6.19. The summed E-state index contributed by atoms with van der Waals surface area (Å²) in [6, 6.07) is 0.128. The van der Waals surface area contributed by atoms with Gasteiger partial charge in [0.25, 0.3) is 0 Å². The summed E-state index contributed by atoms with van der Waals surface area (Å²) in [5.74, 6) is 0. The molecule has 3 N–H and O–H groups in total. The fraction of sp³-hybridized carbons (Fsp3) is 0.571. The van der Waals surface area contributed by atoms with E-state index < -0.39 is 0 Å². The van der Waals surface area contributed by atoms with Crippen molar-refractivity contribution < 1.29 is 0 Å².